The first-order valence-electron chi connectivity index (χ1n) is 5.25. The molecular formula is C14H11FO3. The van der Waals surface area contributed by atoms with E-state index in [-0.39, 0.29) is 5.82 Å². The third-order valence-electron chi connectivity index (χ3n) is 2.43. The van der Waals surface area contributed by atoms with Crippen LogP contribution in [0, 0.1) is 5.82 Å². The topological polar surface area (TPSA) is 60.7 Å². The zero-order valence-electron chi connectivity index (χ0n) is 9.34. The molecular weight excluding hydrogens is 235 g/mol. The number of benzene rings is 2. The summed E-state index contributed by atoms with van der Waals surface area (Å²) in [4.78, 5) is 0. The van der Waals surface area contributed by atoms with Crippen LogP contribution in [0.15, 0.2) is 36.4 Å². The van der Waals surface area contributed by atoms with Crippen LogP contribution in [0.1, 0.15) is 11.1 Å². The van der Waals surface area contributed by atoms with Gasteiger partial charge in [-0.2, -0.15) is 0 Å². The summed E-state index contributed by atoms with van der Waals surface area (Å²) in [6, 6.07) is 8.51. The largest absolute Gasteiger partial charge is 0.504 e. The SMILES string of the molecule is Oc1cc(C=Cc2ccc(F)cc2)cc(O)c1O. The van der Waals surface area contributed by atoms with Gasteiger partial charge in [-0.3, -0.25) is 0 Å². The van der Waals surface area contributed by atoms with Crippen LogP contribution >= 0.6 is 0 Å². The van der Waals surface area contributed by atoms with E-state index in [1.165, 1.54) is 24.3 Å². The number of phenolic OH excluding ortho intramolecular Hbond substituents is 3. The van der Waals surface area contributed by atoms with E-state index in [0.29, 0.717) is 5.56 Å². The molecule has 2 aromatic carbocycles. The molecule has 0 amide bonds. The number of phenols is 3. The van der Waals surface area contributed by atoms with E-state index in [9.17, 15) is 19.7 Å². The zero-order chi connectivity index (χ0) is 13.1. The van der Waals surface area contributed by atoms with Crippen molar-refractivity contribution < 1.29 is 19.7 Å². The maximum absolute atomic E-state index is 12.7. The fourth-order valence-electron chi connectivity index (χ4n) is 1.49. The van der Waals surface area contributed by atoms with Crippen LogP contribution in [-0.2, 0) is 0 Å². The van der Waals surface area contributed by atoms with Crippen molar-refractivity contribution in [3.05, 3.63) is 53.3 Å². The van der Waals surface area contributed by atoms with Crippen LogP contribution in [0.2, 0.25) is 0 Å². The Kier molecular flexibility index (Phi) is 3.19. The molecule has 92 valence electrons. The lowest BCUT2D eigenvalue weighted by atomic mass is 10.1. The molecule has 0 atom stereocenters. The lowest BCUT2D eigenvalue weighted by Gasteiger charge is -2.02. The van der Waals surface area contributed by atoms with Gasteiger partial charge in [0.15, 0.2) is 17.2 Å². The lowest BCUT2D eigenvalue weighted by molar-refractivity contribution is 0.368. The predicted molar refractivity (Wildman–Crippen MR) is 66.8 cm³/mol. The van der Waals surface area contributed by atoms with Crippen molar-refractivity contribution in [1.82, 2.24) is 0 Å². The van der Waals surface area contributed by atoms with Crippen molar-refractivity contribution in [3.8, 4) is 17.2 Å². The molecule has 0 aromatic heterocycles. The minimum absolute atomic E-state index is 0.313. The van der Waals surface area contributed by atoms with Gasteiger partial charge in [0.05, 0.1) is 0 Å². The minimum Gasteiger partial charge on any atom is -0.504 e. The Morgan fingerprint density at radius 1 is 0.778 bits per heavy atom. The summed E-state index contributed by atoms with van der Waals surface area (Å²) >= 11 is 0. The first-order chi connectivity index (χ1) is 8.56. The zero-order valence-corrected chi connectivity index (χ0v) is 9.34. The van der Waals surface area contributed by atoms with Crippen molar-refractivity contribution in [2.45, 2.75) is 0 Å². The average Bonchev–Trinajstić information content (AvgIpc) is 2.35. The van der Waals surface area contributed by atoms with E-state index in [2.05, 4.69) is 0 Å². The second-order valence-electron chi connectivity index (χ2n) is 3.79. The quantitative estimate of drug-likeness (QED) is 0.563. The van der Waals surface area contributed by atoms with Gasteiger partial charge >= 0.3 is 0 Å². The second kappa shape index (κ2) is 4.79. The Bertz CT molecular complexity index is 565. The molecule has 0 bridgehead atoms. The van der Waals surface area contributed by atoms with Gasteiger partial charge in [-0.1, -0.05) is 24.3 Å². The molecule has 0 heterocycles. The first-order valence-corrected chi connectivity index (χ1v) is 5.25. The summed E-state index contributed by atoms with van der Waals surface area (Å²) in [5, 5.41) is 27.8. The third kappa shape index (κ3) is 2.60. The highest BCUT2D eigenvalue weighted by Gasteiger charge is 2.06. The molecule has 0 aliphatic rings. The number of rotatable bonds is 2. The molecule has 18 heavy (non-hydrogen) atoms. The molecule has 2 aromatic rings. The normalized spacial score (nSPS) is 10.9. The maximum atomic E-state index is 12.7. The van der Waals surface area contributed by atoms with Crippen molar-refractivity contribution in [2.24, 2.45) is 0 Å². The summed E-state index contributed by atoms with van der Waals surface area (Å²) in [6.07, 6.45) is 3.33. The molecule has 0 saturated heterocycles. The molecule has 3 nitrogen and oxygen atoms in total. The van der Waals surface area contributed by atoms with E-state index in [1.807, 2.05) is 0 Å². The van der Waals surface area contributed by atoms with Gasteiger partial charge in [0.1, 0.15) is 5.82 Å². The highest BCUT2D eigenvalue weighted by atomic mass is 19.1. The molecule has 0 unspecified atom stereocenters. The molecule has 0 fully saturated rings. The van der Waals surface area contributed by atoms with E-state index in [0.717, 1.165) is 5.56 Å². The molecule has 0 aliphatic carbocycles. The van der Waals surface area contributed by atoms with Crippen molar-refractivity contribution in [1.29, 1.82) is 0 Å². The van der Waals surface area contributed by atoms with Gasteiger partial charge < -0.3 is 15.3 Å². The Hall–Kier alpha value is -2.49. The fraction of sp³-hybridized carbons (Fsp3) is 0. The van der Waals surface area contributed by atoms with Crippen molar-refractivity contribution in [2.75, 3.05) is 0 Å². The standard InChI is InChI=1S/C14H11FO3/c15-11-5-3-9(4-6-11)1-2-10-7-12(16)14(18)13(17)8-10/h1-8,16-18H. The molecule has 0 radical (unpaired) electrons. The average molecular weight is 246 g/mol. The Balaban J connectivity index is 2.26. The van der Waals surface area contributed by atoms with Crippen LogP contribution in [0.25, 0.3) is 12.2 Å². The van der Waals surface area contributed by atoms with Crippen LogP contribution < -0.4 is 0 Å². The van der Waals surface area contributed by atoms with E-state index >= 15 is 0 Å². The summed E-state index contributed by atoms with van der Waals surface area (Å²) < 4.78 is 12.7. The predicted octanol–water partition coefficient (Wildman–Crippen LogP) is 3.11. The van der Waals surface area contributed by atoms with E-state index in [1.54, 1.807) is 24.3 Å². The summed E-state index contributed by atoms with van der Waals surface area (Å²) in [7, 11) is 0. The Morgan fingerprint density at radius 2 is 1.28 bits per heavy atom. The van der Waals surface area contributed by atoms with E-state index in [4.69, 9.17) is 0 Å². The first kappa shape index (κ1) is 12.0. The molecule has 0 spiro atoms. The van der Waals surface area contributed by atoms with Gasteiger partial charge in [0, 0.05) is 0 Å². The van der Waals surface area contributed by atoms with Crippen LogP contribution in [0.4, 0.5) is 4.39 Å². The maximum Gasteiger partial charge on any atom is 0.200 e. The van der Waals surface area contributed by atoms with Gasteiger partial charge in [-0.25, -0.2) is 4.39 Å². The van der Waals surface area contributed by atoms with Gasteiger partial charge in [0.25, 0.3) is 0 Å². The molecule has 0 aliphatic heterocycles. The van der Waals surface area contributed by atoms with Gasteiger partial charge in [-0.05, 0) is 35.4 Å². The molecule has 4 heteroatoms. The number of halogens is 1. The number of hydrogen-bond donors (Lipinski definition) is 3. The summed E-state index contributed by atoms with van der Waals surface area (Å²) in [5.41, 5.74) is 1.30. The van der Waals surface area contributed by atoms with Gasteiger partial charge in [0.2, 0.25) is 0 Å². The molecule has 3 N–H and O–H groups in total. The number of hydrogen-bond acceptors (Lipinski definition) is 3. The summed E-state index contributed by atoms with van der Waals surface area (Å²) in [5.74, 6) is -1.65. The van der Waals surface area contributed by atoms with Crippen molar-refractivity contribution >= 4 is 12.2 Å². The van der Waals surface area contributed by atoms with Crippen molar-refractivity contribution in [3.63, 3.8) is 0 Å². The second-order valence-corrected chi connectivity index (χ2v) is 3.79. The molecule has 0 saturated carbocycles. The van der Waals surface area contributed by atoms with Crippen LogP contribution in [0.5, 0.6) is 17.2 Å². The highest BCUT2D eigenvalue weighted by molar-refractivity contribution is 5.72. The minimum atomic E-state index is -0.547. The number of aromatic hydroxyl groups is 3. The Labute approximate surface area is 103 Å². The van der Waals surface area contributed by atoms with Gasteiger partial charge in [-0.15, -0.1) is 0 Å². The van der Waals surface area contributed by atoms with Crippen LogP contribution in [0.3, 0.4) is 0 Å². The third-order valence-corrected chi connectivity index (χ3v) is 2.43. The smallest absolute Gasteiger partial charge is 0.200 e. The monoisotopic (exact) mass is 246 g/mol. The Morgan fingerprint density at radius 3 is 1.83 bits per heavy atom. The van der Waals surface area contributed by atoms with Crippen LogP contribution in [-0.4, -0.2) is 15.3 Å². The molecule has 2 rings (SSSR count). The van der Waals surface area contributed by atoms with E-state index < -0.39 is 17.2 Å². The lowest BCUT2D eigenvalue weighted by Crippen LogP contribution is -1.77. The summed E-state index contributed by atoms with van der Waals surface area (Å²) in [6.45, 7) is 0. The fourth-order valence-corrected chi connectivity index (χ4v) is 1.49. The highest BCUT2D eigenvalue weighted by Crippen LogP contribution is 2.35.